The van der Waals surface area contributed by atoms with E-state index in [0.717, 1.165) is 0 Å². The Kier molecular flexibility index (Phi) is 3.10. The Morgan fingerprint density at radius 1 is 1.52 bits per heavy atom. The quantitative estimate of drug-likeness (QED) is 0.444. The smallest absolute Gasteiger partial charge is 0.386 e. The Balaban J connectivity index is 1.75. The lowest BCUT2D eigenvalue weighted by Crippen LogP contribution is -2.39. The Hall–Kier alpha value is -1.82. The van der Waals surface area contributed by atoms with Gasteiger partial charge in [0.1, 0.15) is 18.3 Å². The van der Waals surface area contributed by atoms with E-state index >= 15 is 0 Å². The van der Waals surface area contributed by atoms with E-state index in [1.807, 2.05) is 0 Å². The second-order valence-corrected chi connectivity index (χ2v) is 6.57. The van der Waals surface area contributed by atoms with E-state index in [1.165, 1.54) is 10.9 Å². The van der Waals surface area contributed by atoms with E-state index in [2.05, 4.69) is 19.5 Å². The molecule has 2 aromatic rings. The first-order valence-electron chi connectivity index (χ1n) is 6.57. The highest BCUT2D eigenvalue weighted by molar-refractivity contribution is 7.47. The number of nitrogens with two attached hydrogens (primary N) is 1. The number of H-pyrrole nitrogens is 1. The van der Waals surface area contributed by atoms with Crippen LogP contribution in [0.4, 0.5) is 5.95 Å². The standard InChI is InChI=1S/C10H12N5O7P/c11-10-13-7-4(8(17)14-10)12-2-15(7)9-5(16)6-3(21-9)1-20-23(18,19)22-6/h2-3,5-6,9,16H,1H2,(H,18,19)(H3,11,13,14,17)/t3?,5-,6?,9+/m0/s1. The largest absolute Gasteiger partial charge is 0.472 e. The monoisotopic (exact) mass is 345 g/mol. The van der Waals surface area contributed by atoms with E-state index in [1.54, 1.807) is 0 Å². The average molecular weight is 345 g/mol. The minimum Gasteiger partial charge on any atom is -0.386 e. The SMILES string of the molecule is Nc1nc2c(ncn2[C@@H]2OC3COP(=O)(O)OC3[C@@H]2O)c(=O)[nH]1. The van der Waals surface area contributed by atoms with Crippen LogP contribution in [0.2, 0.25) is 0 Å². The first-order valence-corrected chi connectivity index (χ1v) is 8.07. The zero-order chi connectivity index (χ0) is 16.4. The lowest BCUT2D eigenvalue weighted by molar-refractivity contribution is -0.0664. The number of hydrogen-bond donors (Lipinski definition) is 4. The molecule has 2 saturated heterocycles. The Bertz CT molecular complexity index is 880. The van der Waals surface area contributed by atoms with Crippen LogP contribution in [0.25, 0.3) is 11.2 Å². The number of phosphoric acid groups is 1. The van der Waals surface area contributed by atoms with Gasteiger partial charge in [-0.25, -0.2) is 9.55 Å². The molecular formula is C10H12N5O7P. The van der Waals surface area contributed by atoms with Crippen molar-refractivity contribution in [3.05, 3.63) is 16.7 Å². The van der Waals surface area contributed by atoms with Crippen LogP contribution in [0.1, 0.15) is 6.23 Å². The molecule has 2 aliphatic heterocycles. The number of imidazole rings is 1. The predicted octanol–water partition coefficient (Wildman–Crippen LogP) is -1.52. The number of rotatable bonds is 1. The summed E-state index contributed by atoms with van der Waals surface area (Å²) in [5.74, 6) is -0.117. The van der Waals surface area contributed by atoms with Gasteiger partial charge >= 0.3 is 7.82 Å². The molecule has 2 fully saturated rings. The van der Waals surface area contributed by atoms with Crippen molar-refractivity contribution in [1.29, 1.82) is 0 Å². The zero-order valence-electron chi connectivity index (χ0n) is 11.4. The highest BCUT2D eigenvalue weighted by Gasteiger charge is 2.52. The highest BCUT2D eigenvalue weighted by Crippen LogP contribution is 2.52. The summed E-state index contributed by atoms with van der Waals surface area (Å²) < 4.78 is 27.9. The normalized spacial score (nSPS) is 37.1. The molecule has 12 nitrogen and oxygen atoms in total. The summed E-state index contributed by atoms with van der Waals surface area (Å²) in [5, 5.41) is 10.4. The molecule has 0 aliphatic carbocycles. The van der Waals surface area contributed by atoms with Gasteiger partial charge in [0, 0.05) is 0 Å². The second-order valence-electron chi connectivity index (χ2n) is 5.17. The molecular weight excluding hydrogens is 333 g/mol. The number of anilines is 1. The van der Waals surface area contributed by atoms with E-state index in [0.29, 0.717) is 0 Å². The third-order valence-electron chi connectivity index (χ3n) is 3.69. The third kappa shape index (κ3) is 2.27. The zero-order valence-corrected chi connectivity index (χ0v) is 12.3. The molecule has 2 aromatic heterocycles. The summed E-state index contributed by atoms with van der Waals surface area (Å²) in [6.07, 6.45) is -2.85. The highest BCUT2D eigenvalue weighted by atomic mass is 31.2. The number of nitrogens with zero attached hydrogens (tertiary/aromatic N) is 3. The number of nitrogens with one attached hydrogen (secondary N) is 1. The number of ether oxygens (including phenoxy) is 1. The molecule has 4 rings (SSSR count). The van der Waals surface area contributed by atoms with Crippen molar-refractivity contribution in [1.82, 2.24) is 19.5 Å². The van der Waals surface area contributed by atoms with Gasteiger partial charge in [0.25, 0.3) is 5.56 Å². The molecule has 0 saturated carbocycles. The van der Waals surface area contributed by atoms with E-state index in [-0.39, 0.29) is 23.7 Å². The van der Waals surface area contributed by atoms with Crippen LogP contribution in [0.5, 0.6) is 0 Å². The molecule has 2 aliphatic rings. The van der Waals surface area contributed by atoms with Gasteiger partial charge in [-0.05, 0) is 0 Å². The lowest BCUT2D eigenvalue weighted by atomic mass is 10.1. The number of aliphatic hydroxyl groups is 1. The van der Waals surface area contributed by atoms with Crippen molar-refractivity contribution >= 4 is 24.9 Å². The number of aliphatic hydroxyl groups excluding tert-OH is 1. The third-order valence-corrected chi connectivity index (χ3v) is 4.68. The van der Waals surface area contributed by atoms with Crippen LogP contribution in [0.3, 0.4) is 0 Å². The lowest BCUT2D eigenvalue weighted by Gasteiger charge is -2.27. The number of hydrogen-bond acceptors (Lipinski definition) is 9. The van der Waals surface area contributed by atoms with Gasteiger partial charge in [-0.15, -0.1) is 0 Å². The number of fused-ring (bicyclic) bond motifs is 2. The fourth-order valence-corrected chi connectivity index (χ4v) is 3.66. The minimum absolute atomic E-state index is 0.0230. The Morgan fingerprint density at radius 2 is 2.30 bits per heavy atom. The van der Waals surface area contributed by atoms with Crippen molar-refractivity contribution in [2.24, 2.45) is 0 Å². The fraction of sp³-hybridized carbons (Fsp3) is 0.500. The van der Waals surface area contributed by atoms with Crippen molar-refractivity contribution in [3.63, 3.8) is 0 Å². The maximum Gasteiger partial charge on any atom is 0.472 e. The van der Waals surface area contributed by atoms with Crippen molar-refractivity contribution in [2.45, 2.75) is 24.5 Å². The van der Waals surface area contributed by atoms with Gasteiger partial charge in [-0.3, -0.25) is 23.4 Å². The topological polar surface area (TPSA) is 175 Å². The molecule has 0 amide bonds. The van der Waals surface area contributed by atoms with Gasteiger partial charge in [-0.1, -0.05) is 0 Å². The van der Waals surface area contributed by atoms with Crippen LogP contribution in [0, 0.1) is 0 Å². The van der Waals surface area contributed by atoms with Crippen molar-refractivity contribution in [3.8, 4) is 0 Å². The molecule has 0 bridgehead atoms. The van der Waals surface area contributed by atoms with Gasteiger partial charge < -0.3 is 20.5 Å². The predicted molar refractivity (Wildman–Crippen MR) is 73.1 cm³/mol. The summed E-state index contributed by atoms with van der Waals surface area (Å²) in [5.41, 5.74) is 5.12. The van der Waals surface area contributed by atoms with Gasteiger partial charge in [0.2, 0.25) is 5.95 Å². The number of nitrogen functional groups attached to an aromatic ring is 1. The number of phosphoric ester groups is 1. The van der Waals surface area contributed by atoms with Crippen LogP contribution in [-0.4, -0.2) is 54.4 Å². The minimum atomic E-state index is -4.22. The Morgan fingerprint density at radius 3 is 3.09 bits per heavy atom. The summed E-state index contributed by atoms with van der Waals surface area (Å²) in [6.45, 7) is -0.214. The van der Waals surface area contributed by atoms with Crippen LogP contribution >= 0.6 is 7.82 Å². The van der Waals surface area contributed by atoms with Crippen molar-refractivity contribution in [2.75, 3.05) is 12.3 Å². The first-order chi connectivity index (χ1) is 10.9. The van der Waals surface area contributed by atoms with E-state index in [9.17, 15) is 19.4 Å². The molecule has 4 heterocycles. The van der Waals surface area contributed by atoms with Crippen LogP contribution in [-0.2, 0) is 18.3 Å². The first kappa shape index (κ1) is 14.8. The second kappa shape index (κ2) is 4.84. The molecule has 5 N–H and O–H groups in total. The summed E-state index contributed by atoms with van der Waals surface area (Å²) in [7, 11) is -4.22. The Labute approximate surface area is 127 Å². The molecule has 13 heteroatoms. The maximum atomic E-state index is 11.8. The number of aromatic nitrogens is 4. The fourth-order valence-electron chi connectivity index (χ4n) is 2.69. The summed E-state index contributed by atoms with van der Waals surface area (Å²) in [6, 6.07) is 0. The summed E-state index contributed by atoms with van der Waals surface area (Å²) >= 11 is 0. The van der Waals surface area contributed by atoms with Gasteiger partial charge in [0.15, 0.2) is 17.4 Å². The van der Waals surface area contributed by atoms with Crippen LogP contribution in [0.15, 0.2) is 11.1 Å². The summed E-state index contributed by atoms with van der Waals surface area (Å²) in [4.78, 5) is 31.3. The van der Waals surface area contributed by atoms with E-state index in [4.69, 9.17) is 15.0 Å². The molecule has 0 radical (unpaired) electrons. The average Bonchev–Trinajstić information content (AvgIpc) is 3.00. The van der Waals surface area contributed by atoms with Crippen LogP contribution < -0.4 is 11.3 Å². The molecule has 23 heavy (non-hydrogen) atoms. The van der Waals surface area contributed by atoms with E-state index < -0.39 is 37.9 Å². The molecule has 0 spiro atoms. The molecule has 0 aromatic carbocycles. The number of aromatic amines is 1. The van der Waals surface area contributed by atoms with Crippen molar-refractivity contribution < 1.29 is 28.3 Å². The molecule has 5 atom stereocenters. The van der Waals surface area contributed by atoms with Gasteiger partial charge in [-0.2, -0.15) is 4.98 Å². The van der Waals surface area contributed by atoms with Gasteiger partial charge in [0.05, 0.1) is 12.9 Å². The molecule has 124 valence electrons. The maximum absolute atomic E-state index is 11.8. The molecule has 3 unspecified atom stereocenters.